The topological polar surface area (TPSA) is 22.0 Å². The minimum atomic E-state index is -4.53. The summed E-state index contributed by atoms with van der Waals surface area (Å²) >= 11 is 0.922. The van der Waals surface area contributed by atoms with Crippen molar-refractivity contribution in [1.82, 2.24) is 4.48 Å². The standard InChI is InChI=1S/C12H11BF3NOS/c1-2-3-4-7-5-9-10(11(18)17(7)13)8(6-19-9)12(14,15)16/h5-6H,2-4H2,1H3. The largest absolute Gasteiger partial charge is 0.418 e. The third kappa shape index (κ3) is 2.56. The summed E-state index contributed by atoms with van der Waals surface area (Å²) < 4.78 is 39.5. The summed E-state index contributed by atoms with van der Waals surface area (Å²) in [6.07, 6.45) is -2.20. The van der Waals surface area contributed by atoms with Crippen molar-refractivity contribution in [3.05, 3.63) is 33.1 Å². The summed E-state index contributed by atoms with van der Waals surface area (Å²) in [7, 11) is 5.60. The van der Waals surface area contributed by atoms with Gasteiger partial charge in [-0.15, -0.1) is 11.3 Å². The lowest BCUT2D eigenvalue weighted by Gasteiger charge is -2.10. The van der Waals surface area contributed by atoms with Gasteiger partial charge in [0, 0.05) is 15.8 Å². The highest BCUT2D eigenvalue weighted by atomic mass is 32.1. The highest BCUT2D eigenvalue weighted by molar-refractivity contribution is 7.17. The first kappa shape index (κ1) is 14.2. The smallest absolute Gasteiger partial charge is 0.368 e. The van der Waals surface area contributed by atoms with Crippen molar-refractivity contribution in [3.8, 4) is 0 Å². The van der Waals surface area contributed by atoms with Gasteiger partial charge in [0.2, 0.25) is 13.5 Å². The first-order valence-electron chi connectivity index (χ1n) is 5.84. The van der Waals surface area contributed by atoms with Gasteiger partial charge in [0.25, 0.3) is 0 Å². The molecule has 2 nitrogen and oxygen atoms in total. The first-order chi connectivity index (χ1) is 8.86. The van der Waals surface area contributed by atoms with E-state index in [1.165, 1.54) is 0 Å². The molecular formula is C12H11BF3NOS. The van der Waals surface area contributed by atoms with E-state index in [4.69, 9.17) is 7.98 Å². The van der Waals surface area contributed by atoms with Crippen molar-refractivity contribution in [1.29, 1.82) is 0 Å². The van der Waals surface area contributed by atoms with Gasteiger partial charge >= 0.3 is 6.18 Å². The Morgan fingerprint density at radius 3 is 2.68 bits per heavy atom. The van der Waals surface area contributed by atoms with Crippen molar-refractivity contribution < 1.29 is 13.2 Å². The summed E-state index contributed by atoms with van der Waals surface area (Å²) in [4.78, 5) is 12.0. The van der Waals surface area contributed by atoms with E-state index in [0.29, 0.717) is 16.8 Å². The van der Waals surface area contributed by atoms with Crippen LogP contribution in [0.15, 0.2) is 16.2 Å². The second-order valence-corrected chi connectivity index (χ2v) is 5.21. The van der Waals surface area contributed by atoms with E-state index in [1.807, 2.05) is 6.92 Å². The fraction of sp³-hybridized carbons (Fsp3) is 0.417. The van der Waals surface area contributed by atoms with Crippen molar-refractivity contribution >= 4 is 29.4 Å². The Morgan fingerprint density at radius 1 is 1.42 bits per heavy atom. The zero-order valence-corrected chi connectivity index (χ0v) is 11.1. The van der Waals surface area contributed by atoms with Crippen molar-refractivity contribution in [3.63, 3.8) is 0 Å². The number of halogens is 3. The first-order valence-corrected chi connectivity index (χ1v) is 6.72. The molecule has 0 fully saturated rings. The maximum absolute atomic E-state index is 12.8. The quantitative estimate of drug-likeness (QED) is 0.793. The number of fused-ring (bicyclic) bond motifs is 1. The van der Waals surface area contributed by atoms with Crippen LogP contribution in [0.25, 0.3) is 10.1 Å². The SMILES string of the molecule is [B]n1c(CCCC)cc2scc(C(F)(F)F)c2c1=O. The Labute approximate surface area is 113 Å². The molecule has 2 rings (SSSR count). The second kappa shape index (κ2) is 5.04. The number of nitrogens with zero attached hydrogens (tertiary/aromatic N) is 1. The molecule has 0 saturated heterocycles. The van der Waals surface area contributed by atoms with Crippen molar-refractivity contribution in [2.75, 3.05) is 0 Å². The van der Waals surface area contributed by atoms with Gasteiger partial charge in [-0.1, -0.05) is 13.3 Å². The molecule has 0 bridgehead atoms. The van der Waals surface area contributed by atoms with E-state index in [-0.39, 0.29) is 5.39 Å². The van der Waals surface area contributed by atoms with Gasteiger partial charge in [-0.3, -0.25) is 4.79 Å². The van der Waals surface area contributed by atoms with Crippen molar-refractivity contribution in [2.45, 2.75) is 32.4 Å². The minimum absolute atomic E-state index is 0.333. The molecule has 0 aliphatic heterocycles. The molecule has 100 valence electrons. The van der Waals surface area contributed by atoms with Crippen molar-refractivity contribution in [2.24, 2.45) is 0 Å². The van der Waals surface area contributed by atoms with Crippen LogP contribution >= 0.6 is 11.3 Å². The summed E-state index contributed by atoms with van der Waals surface area (Å²) in [5.41, 5.74) is -1.12. The van der Waals surface area contributed by atoms with E-state index in [2.05, 4.69) is 0 Å². The fourth-order valence-electron chi connectivity index (χ4n) is 1.93. The van der Waals surface area contributed by atoms with Crippen LogP contribution in [0.1, 0.15) is 31.0 Å². The Kier molecular flexibility index (Phi) is 3.76. The molecular weight excluding hydrogens is 274 g/mol. The van der Waals surface area contributed by atoms with Crippen LogP contribution in [-0.2, 0) is 12.6 Å². The van der Waals surface area contributed by atoms with E-state index >= 15 is 0 Å². The van der Waals surface area contributed by atoms with Crippen LogP contribution in [0.3, 0.4) is 0 Å². The van der Waals surface area contributed by atoms with Crippen LogP contribution in [0, 0.1) is 0 Å². The highest BCUT2D eigenvalue weighted by Crippen LogP contribution is 2.37. The number of thiophene rings is 1. The average Bonchev–Trinajstić information content (AvgIpc) is 2.75. The molecule has 0 N–H and O–H groups in total. The molecule has 2 aromatic rings. The number of pyridine rings is 1. The summed E-state index contributed by atoms with van der Waals surface area (Å²) in [5, 5.41) is 0.635. The lowest BCUT2D eigenvalue weighted by atomic mass is 10.1. The second-order valence-electron chi connectivity index (χ2n) is 4.30. The third-order valence-electron chi connectivity index (χ3n) is 2.95. The van der Waals surface area contributed by atoms with Gasteiger partial charge in [-0.25, -0.2) is 0 Å². The third-order valence-corrected chi connectivity index (χ3v) is 3.88. The zero-order valence-electron chi connectivity index (χ0n) is 10.3. The number of rotatable bonds is 3. The van der Waals surface area contributed by atoms with Crippen LogP contribution < -0.4 is 5.56 Å². The van der Waals surface area contributed by atoms with Gasteiger partial charge in [0.1, 0.15) is 0 Å². The highest BCUT2D eigenvalue weighted by Gasteiger charge is 2.35. The predicted octanol–water partition coefficient (Wildman–Crippen LogP) is 3.36. The fourth-order valence-corrected chi connectivity index (χ4v) is 2.95. The lowest BCUT2D eigenvalue weighted by Crippen LogP contribution is -2.23. The van der Waals surface area contributed by atoms with E-state index in [1.54, 1.807) is 6.07 Å². The van der Waals surface area contributed by atoms with E-state index in [0.717, 1.165) is 34.0 Å². The average molecular weight is 285 g/mol. The molecule has 0 unspecified atom stereocenters. The molecule has 0 saturated carbocycles. The number of hydrogen-bond donors (Lipinski definition) is 0. The molecule has 2 radical (unpaired) electrons. The zero-order chi connectivity index (χ0) is 14.2. The summed E-state index contributed by atoms with van der Waals surface area (Å²) in [6.45, 7) is 1.99. The molecule has 2 heterocycles. The Balaban J connectivity index is 2.66. The maximum atomic E-state index is 12.8. The van der Waals surface area contributed by atoms with Crippen LogP contribution in [0.4, 0.5) is 13.2 Å². The molecule has 0 atom stereocenters. The van der Waals surface area contributed by atoms with Gasteiger partial charge in [0.15, 0.2) is 0 Å². The lowest BCUT2D eigenvalue weighted by molar-refractivity contribution is -0.136. The molecule has 0 amide bonds. The molecule has 0 aliphatic rings. The Morgan fingerprint density at radius 2 is 2.11 bits per heavy atom. The van der Waals surface area contributed by atoms with Gasteiger partial charge in [-0.2, -0.15) is 13.2 Å². The number of alkyl halides is 3. The molecule has 0 spiro atoms. The number of aromatic nitrogens is 1. The number of hydrogen-bond acceptors (Lipinski definition) is 2. The Hall–Kier alpha value is -1.24. The van der Waals surface area contributed by atoms with E-state index in [9.17, 15) is 18.0 Å². The molecule has 19 heavy (non-hydrogen) atoms. The monoisotopic (exact) mass is 285 g/mol. The van der Waals surface area contributed by atoms with Gasteiger partial charge in [0.05, 0.1) is 10.9 Å². The van der Waals surface area contributed by atoms with Crippen LogP contribution in [0.2, 0.25) is 0 Å². The van der Waals surface area contributed by atoms with Crippen LogP contribution in [-0.4, -0.2) is 12.5 Å². The van der Waals surface area contributed by atoms with Crippen LogP contribution in [0.5, 0.6) is 0 Å². The molecule has 2 aromatic heterocycles. The molecule has 7 heteroatoms. The predicted molar refractivity (Wildman–Crippen MR) is 70.9 cm³/mol. The van der Waals surface area contributed by atoms with Gasteiger partial charge in [-0.05, 0) is 18.9 Å². The maximum Gasteiger partial charge on any atom is 0.418 e. The van der Waals surface area contributed by atoms with Gasteiger partial charge < -0.3 is 4.48 Å². The normalized spacial score (nSPS) is 12.2. The molecule has 0 aromatic carbocycles. The molecule has 0 aliphatic carbocycles. The minimum Gasteiger partial charge on any atom is -0.368 e. The number of unbranched alkanes of at least 4 members (excludes halogenated alkanes) is 1. The summed E-state index contributed by atoms with van der Waals surface area (Å²) in [6, 6.07) is 1.58. The summed E-state index contributed by atoms with van der Waals surface area (Å²) in [5.74, 6) is 0. The number of aryl methyl sites for hydroxylation is 1. The van der Waals surface area contributed by atoms with E-state index < -0.39 is 17.3 Å². The Bertz CT molecular complexity index is 659.